The minimum atomic E-state index is 0.0191. The van der Waals surface area contributed by atoms with Gasteiger partial charge in [-0.15, -0.1) is 0 Å². The van der Waals surface area contributed by atoms with Gasteiger partial charge in [0.15, 0.2) is 0 Å². The van der Waals surface area contributed by atoms with E-state index in [1.807, 2.05) is 20.1 Å². The zero-order chi connectivity index (χ0) is 9.56. The van der Waals surface area contributed by atoms with Crippen LogP contribution < -0.4 is 11.1 Å². The summed E-state index contributed by atoms with van der Waals surface area (Å²) in [4.78, 5) is 11.3. The zero-order valence-electron chi connectivity index (χ0n) is 7.96. The summed E-state index contributed by atoms with van der Waals surface area (Å²) in [5.41, 5.74) is 5.45. The molecule has 0 saturated carbocycles. The summed E-state index contributed by atoms with van der Waals surface area (Å²) in [5, 5.41) is 2.90. The van der Waals surface area contributed by atoms with Crippen LogP contribution in [0.2, 0.25) is 0 Å². The van der Waals surface area contributed by atoms with Gasteiger partial charge in [-0.1, -0.05) is 6.92 Å². The number of carbonyl (C=O) groups is 1. The molecule has 3 nitrogen and oxygen atoms in total. The largest absolute Gasteiger partial charge is 0.351 e. The van der Waals surface area contributed by atoms with E-state index in [0.29, 0.717) is 6.54 Å². The Morgan fingerprint density at radius 1 is 1.67 bits per heavy atom. The van der Waals surface area contributed by atoms with Gasteiger partial charge in [-0.2, -0.15) is 11.8 Å². The third kappa shape index (κ3) is 3.97. The molecule has 0 spiro atoms. The van der Waals surface area contributed by atoms with E-state index in [1.54, 1.807) is 11.8 Å². The summed E-state index contributed by atoms with van der Waals surface area (Å²) in [6.07, 6.45) is 2.82. The lowest BCUT2D eigenvalue weighted by molar-refractivity contribution is -0.120. The predicted molar refractivity (Wildman–Crippen MR) is 54.3 cm³/mol. The van der Waals surface area contributed by atoms with E-state index < -0.39 is 0 Å². The second-order valence-corrected chi connectivity index (χ2v) is 3.91. The fourth-order valence-corrected chi connectivity index (χ4v) is 1.04. The molecule has 0 aromatic carbocycles. The lowest BCUT2D eigenvalue weighted by Crippen LogP contribution is -2.42. The van der Waals surface area contributed by atoms with E-state index in [4.69, 9.17) is 5.73 Å². The van der Waals surface area contributed by atoms with Crippen molar-refractivity contribution in [3.63, 3.8) is 0 Å². The molecule has 0 rings (SSSR count). The summed E-state index contributed by atoms with van der Waals surface area (Å²) in [7, 11) is 0. The molecule has 12 heavy (non-hydrogen) atoms. The van der Waals surface area contributed by atoms with Crippen LogP contribution in [0.25, 0.3) is 0 Å². The van der Waals surface area contributed by atoms with Gasteiger partial charge in [0.05, 0.1) is 5.25 Å². The summed E-state index contributed by atoms with van der Waals surface area (Å²) >= 11 is 1.54. The van der Waals surface area contributed by atoms with E-state index in [-0.39, 0.29) is 17.2 Å². The Labute approximate surface area is 78.5 Å². The molecule has 0 heterocycles. The van der Waals surface area contributed by atoms with Crippen LogP contribution >= 0.6 is 11.8 Å². The lowest BCUT2D eigenvalue weighted by atomic mass is 10.2. The zero-order valence-corrected chi connectivity index (χ0v) is 8.78. The van der Waals surface area contributed by atoms with Crippen LogP contribution in [0.4, 0.5) is 0 Å². The number of nitrogens with one attached hydrogen (secondary N) is 1. The maximum atomic E-state index is 11.3. The molecule has 0 bridgehead atoms. The number of carbonyl (C=O) groups excluding carboxylic acids is 1. The molecular weight excluding hydrogens is 172 g/mol. The summed E-state index contributed by atoms with van der Waals surface area (Å²) in [6.45, 7) is 4.42. The van der Waals surface area contributed by atoms with Crippen LogP contribution in [0.5, 0.6) is 0 Å². The average molecular weight is 190 g/mol. The Morgan fingerprint density at radius 3 is 2.58 bits per heavy atom. The first-order valence-electron chi connectivity index (χ1n) is 4.18. The van der Waals surface area contributed by atoms with Crippen molar-refractivity contribution in [1.82, 2.24) is 5.32 Å². The van der Waals surface area contributed by atoms with E-state index >= 15 is 0 Å². The van der Waals surface area contributed by atoms with Crippen LogP contribution in [0, 0.1) is 0 Å². The molecule has 0 radical (unpaired) electrons. The van der Waals surface area contributed by atoms with Crippen molar-refractivity contribution < 1.29 is 4.79 Å². The molecule has 0 aliphatic carbocycles. The normalized spacial score (nSPS) is 15.3. The number of hydrogen-bond donors (Lipinski definition) is 2. The second kappa shape index (κ2) is 6.31. The Morgan fingerprint density at radius 2 is 2.25 bits per heavy atom. The minimum absolute atomic E-state index is 0.0191. The van der Waals surface area contributed by atoms with Crippen molar-refractivity contribution in [3.05, 3.63) is 0 Å². The number of amides is 1. The smallest absolute Gasteiger partial charge is 0.233 e. The highest BCUT2D eigenvalue weighted by atomic mass is 32.2. The first kappa shape index (κ1) is 11.8. The Kier molecular flexibility index (Phi) is 6.20. The van der Waals surface area contributed by atoms with E-state index in [2.05, 4.69) is 5.32 Å². The molecular formula is C8H18N2OS. The van der Waals surface area contributed by atoms with Gasteiger partial charge in [-0.05, 0) is 19.6 Å². The van der Waals surface area contributed by atoms with E-state index in [0.717, 1.165) is 6.42 Å². The topological polar surface area (TPSA) is 55.1 Å². The first-order chi connectivity index (χ1) is 5.65. The number of hydrogen-bond acceptors (Lipinski definition) is 3. The Bertz CT molecular complexity index is 137. The molecule has 4 heteroatoms. The molecule has 72 valence electrons. The van der Waals surface area contributed by atoms with Gasteiger partial charge >= 0.3 is 0 Å². The molecule has 0 aromatic heterocycles. The molecule has 2 atom stereocenters. The van der Waals surface area contributed by atoms with Crippen molar-refractivity contribution in [1.29, 1.82) is 0 Å². The van der Waals surface area contributed by atoms with Gasteiger partial charge in [0.25, 0.3) is 0 Å². The van der Waals surface area contributed by atoms with Gasteiger partial charge in [-0.25, -0.2) is 0 Å². The van der Waals surface area contributed by atoms with Crippen LogP contribution in [-0.2, 0) is 4.79 Å². The molecule has 1 amide bonds. The monoisotopic (exact) mass is 190 g/mol. The van der Waals surface area contributed by atoms with Gasteiger partial charge in [0.2, 0.25) is 5.91 Å². The fraction of sp³-hybridized carbons (Fsp3) is 0.875. The quantitative estimate of drug-likeness (QED) is 0.667. The maximum Gasteiger partial charge on any atom is 0.233 e. The third-order valence-electron chi connectivity index (χ3n) is 1.85. The Balaban J connectivity index is 3.81. The molecule has 0 fully saturated rings. The van der Waals surface area contributed by atoms with Crippen LogP contribution in [0.15, 0.2) is 0 Å². The Hall–Kier alpha value is -0.220. The first-order valence-corrected chi connectivity index (χ1v) is 5.47. The molecule has 0 aromatic rings. The number of thioether (sulfide) groups is 1. The number of nitrogens with two attached hydrogens (primary N) is 1. The minimum Gasteiger partial charge on any atom is -0.351 e. The molecule has 0 saturated heterocycles. The molecule has 2 unspecified atom stereocenters. The van der Waals surface area contributed by atoms with Gasteiger partial charge in [0.1, 0.15) is 0 Å². The average Bonchev–Trinajstić information content (AvgIpc) is 2.12. The highest BCUT2D eigenvalue weighted by Gasteiger charge is 2.13. The summed E-state index contributed by atoms with van der Waals surface area (Å²) in [6, 6.07) is 0.132. The van der Waals surface area contributed by atoms with E-state index in [1.165, 1.54) is 0 Å². The fourth-order valence-electron chi connectivity index (χ4n) is 0.753. The van der Waals surface area contributed by atoms with Crippen molar-refractivity contribution in [2.45, 2.75) is 31.6 Å². The van der Waals surface area contributed by atoms with Gasteiger partial charge < -0.3 is 11.1 Å². The molecule has 0 aliphatic rings. The highest BCUT2D eigenvalue weighted by molar-refractivity contribution is 7.99. The van der Waals surface area contributed by atoms with Crippen LogP contribution in [0.1, 0.15) is 20.3 Å². The molecule has 0 aliphatic heterocycles. The van der Waals surface area contributed by atoms with Crippen molar-refractivity contribution in [2.75, 3.05) is 12.8 Å². The number of rotatable bonds is 5. The van der Waals surface area contributed by atoms with Crippen molar-refractivity contribution in [3.8, 4) is 0 Å². The standard InChI is InChI=1S/C8H18N2OS/c1-4-7(5-9)10-8(11)6(2)12-3/h6-7H,4-5,9H2,1-3H3,(H,10,11). The van der Waals surface area contributed by atoms with Crippen molar-refractivity contribution in [2.24, 2.45) is 5.73 Å². The summed E-state index contributed by atoms with van der Waals surface area (Å²) in [5.74, 6) is 0.0831. The van der Waals surface area contributed by atoms with Crippen LogP contribution in [-0.4, -0.2) is 30.0 Å². The predicted octanol–water partition coefficient (Wildman–Crippen LogP) is 0.591. The lowest BCUT2D eigenvalue weighted by Gasteiger charge is -2.16. The maximum absolute atomic E-state index is 11.3. The highest BCUT2D eigenvalue weighted by Crippen LogP contribution is 2.04. The van der Waals surface area contributed by atoms with Crippen molar-refractivity contribution >= 4 is 17.7 Å². The van der Waals surface area contributed by atoms with Gasteiger partial charge in [0, 0.05) is 12.6 Å². The van der Waals surface area contributed by atoms with Crippen LogP contribution in [0.3, 0.4) is 0 Å². The van der Waals surface area contributed by atoms with Gasteiger partial charge in [-0.3, -0.25) is 4.79 Å². The summed E-state index contributed by atoms with van der Waals surface area (Å²) < 4.78 is 0. The SMILES string of the molecule is CCC(CN)NC(=O)C(C)SC. The third-order valence-corrected chi connectivity index (χ3v) is 2.77. The molecule has 3 N–H and O–H groups in total. The van der Waals surface area contributed by atoms with E-state index in [9.17, 15) is 4.79 Å². The second-order valence-electron chi connectivity index (χ2n) is 2.73.